The van der Waals surface area contributed by atoms with Crippen molar-refractivity contribution in [2.45, 2.75) is 51.1 Å². The summed E-state index contributed by atoms with van der Waals surface area (Å²) in [5, 5.41) is 6.78. The van der Waals surface area contributed by atoms with Crippen LogP contribution in [0.15, 0.2) is 49.2 Å². The van der Waals surface area contributed by atoms with E-state index in [1.165, 1.54) is 44.6 Å². The van der Waals surface area contributed by atoms with Crippen LogP contribution in [0.3, 0.4) is 0 Å². The lowest BCUT2D eigenvalue weighted by molar-refractivity contribution is 0.0888. The van der Waals surface area contributed by atoms with Gasteiger partial charge in [-0.25, -0.2) is 19.3 Å². The van der Waals surface area contributed by atoms with Crippen LogP contribution in [-0.4, -0.2) is 54.4 Å². The fourth-order valence-electron chi connectivity index (χ4n) is 5.12. The van der Waals surface area contributed by atoms with Crippen LogP contribution in [0.1, 0.15) is 37.7 Å². The molecule has 2 aliphatic rings. The van der Waals surface area contributed by atoms with Crippen molar-refractivity contribution in [3.63, 3.8) is 0 Å². The van der Waals surface area contributed by atoms with Gasteiger partial charge < -0.3 is 15.5 Å². The molecule has 9 heteroatoms. The third-order valence-electron chi connectivity index (χ3n) is 7.15. The molecule has 0 unspecified atom stereocenters. The van der Waals surface area contributed by atoms with Crippen molar-refractivity contribution in [3.05, 3.63) is 60.6 Å². The zero-order chi connectivity index (χ0) is 23.8. The number of imidazole rings is 1. The standard InChI is InChI=1S/C26H29FN8/c1-17-12-30-26(32-19-3-6-22(7-4-19)34-9-2-10-34)33-25(17)23-15-29-24-8-5-20(16-35(23)24)31-21-11-18(27)13-28-14-21/h5,8,11-16,19,22,31H,2-4,6-7,9-10H2,1H3,(H,30,32,33). The number of fused-ring (bicyclic) bond motifs is 1. The van der Waals surface area contributed by atoms with Gasteiger partial charge in [0.05, 0.1) is 41.4 Å². The lowest BCUT2D eigenvalue weighted by Crippen LogP contribution is -2.47. The smallest absolute Gasteiger partial charge is 0.223 e. The molecule has 0 amide bonds. The van der Waals surface area contributed by atoms with E-state index in [0.717, 1.165) is 47.2 Å². The number of pyridine rings is 2. The van der Waals surface area contributed by atoms with E-state index in [9.17, 15) is 4.39 Å². The lowest BCUT2D eigenvalue weighted by Gasteiger charge is -2.42. The van der Waals surface area contributed by atoms with E-state index in [-0.39, 0.29) is 5.82 Å². The number of hydrogen-bond acceptors (Lipinski definition) is 7. The average molecular weight is 473 g/mol. The van der Waals surface area contributed by atoms with E-state index in [1.807, 2.05) is 42.0 Å². The molecule has 35 heavy (non-hydrogen) atoms. The number of likely N-dealkylation sites (tertiary alicyclic amines) is 1. The molecule has 1 saturated heterocycles. The molecule has 6 rings (SSSR count). The van der Waals surface area contributed by atoms with Gasteiger partial charge >= 0.3 is 0 Å². The minimum absolute atomic E-state index is 0.384. The monoisotopic (exact) mass is 472 g/mol. The SMILES string of the molecule is Cc1cnc(NC2CCC(N3CCC3)CC2)nc1-c1cnc2ccc(Nc3cncc(F)c3)cn12. The Morgan fingerprint density at radius 1 is 0.971 bits per heavy atom. The first-order chi connectivity index (χ1) is 17.1. The van der Waals surface area contributed by atoms with E-state index < -0.39 is 0 Å². The van der Waals surface area contributed by atoms with Gasteiger partial charge in [0.25, 0.3) is 0 Å². The van der Waals surface area contributed by atoms with Gasteiger partial charge in [0.2, 0.25) is 5.95 Å². The molecule has 180 valence electrons. The van der Waals surface area contributed by atoms with Crippen molar-refractivity contribution in [2.24, 2.45) is 0 Å². The molecule has 5 heterocycles. The van der Waals surface area contributed by atoms with Crippen molar-refractivity contribution < 1.29 is 4.39 Å². The van der Waals surface area contributed by atoms with E-state index in [4.69, 9.17) is 4.98 Å². The summed E-state index contributed by atoms with van der Waals surface area (Å²) in [6.07, 6.45) is 14.5. The summed E-state index contributed by atoms with van der Waals surface area (Å²) < 4.78 is 15.5. The zero-order valence-corrected chi connectivity index (χ0v) is 19.8. The summed E-state index contributed by atoms with van der Waals surface area (Å²) in [5.74, 6) is 0.276. The van der Waals surface area contributed by atoms with Gasteiger partial charge in [0, 0.05) is 30.5 Å². The second kappa shape index (κ2) is 9.22. The van der Waals surface area contributed by atoms with E-state index >= 15 is 0 Å². The van der Waals surface area contributed by atoms with Crippen molar-refractivity contribution >= 4 is 23.0 Å². The third kappa shape index (κ3) is 4.55. The molecule has 0 spiro atoms. The molecule has 0 bridgehead atoms. The summed E-state index contributed by atoms with van der Waals surface area (Å²) in [7, 11) is 0. The largest absolute Gasteiger partial charge is 0.353 e. The van der Waals surface area contributed by atoms with Crippen molar-refractivity contribution in [2.75, 3.05) is 23.7 Å². The first kappa shape index (κ1) is 21.9. The molecule has 0 aromatic carbocycles. The number of anilines is 3. The van der Waals surface area contributed by atoms with E-state index in [1.54, 1.807) is 6.20 Å². The highest BCUT2D eigenvalue weighted by Crippen LogP contribution is 2.29. The van der Waals surface area contributed by atoms with Crippen molar-refractivity contribution in [3.8, 4) is 11.4 Å². The summed E-state index contributed by atoms with van der Waals surface area (Å²) in [4.78, 5) is 20.5. The molecule has 4 aromatic heterocycles. The molecule has 1 aliphatic carbocycles. The normalized spacial score (nSPS) is 20.5. The summed E-state index contributed by atoms with van der Waals surface area (Å²) in [6.45, 7) is 4.54. The number of hydrogen-bond donors (Lipinski definition) is 2. The Bertz CT molecular complexity index is 1340. The topological polar surface area (TPSA) is 83.3 Å². The van der Waals surface area contributed by atoms with Crippen LogP contribution >= 0.6 is 0 Å². The van der Waals surface area contributed by atoms with Crippen LogP contribution < -0.4 is 10.6 Å². The molecule has 8 nitrogen and oxygen atoms in total. The van der Waals surface area contributed by atoms with Crippen molar-refractivity contribution in [1.29, 1.82) is 0 Å². The molecule has 2 fully saturated rings. The van der Waals surface area contributed by atoms with Gasteiger partial charge in [-0.15, -0.1) is 0 Å². The molecule has 4 aromatic rings. The van der Waals surface area contributed by atoms with Gasteiger partial charge in [-0.1, -0.05) is 0 Å². The summed E-state index contributed by atoms with van der Waals surface area (Å²) >= 11 is 0. The maximum Gasteiger partial charge on any atom is 0.223 e. The molecular formula is C26H29FN8. The molecule has 0 radical (unpaired) electrons. The second-order valence-electron chi connectivity index (χ2n) is 9.57. The van der Waals surface area contributed by atoms with Gasteiger partial charge in [-0.05, 0) is 69.8 Å². The Hall–Kier alpha value is -3.59. The maximum absolute atomic E-state index is 13.5. The zero-order valence-electron chi connectivity index (χ0n) is 19.8. The predicted molar refractivity (Wildman–Crippen MR) is 134 cm³/mol. The van der Waals surface area contributed by atoms with Gasteiger partial charge in [-0.2, -0.15) is 0 Å². The first-order valence-corrected chi connectivity index (χ1v) is 12.3. The van der Waals surface area contributed by atoms with Gasteiger partial charge in [-0.3, -0.25) is 9.38 Å². The second-order valence-corrected chi connectivity index (χ2v) is 9.57. The first-order valence-electron chi connectivity index (χ1n) is 12.3. The Kier molecular flexibility index (Phi) is 5.77. The quantitative estimate of drug-likeness (QED) is 0.417. The number of rotatable bonds is 6. The Morgan fingerprint density at radius 2 is 1.83 bits per heavy atom. The average Bonchev–Trinajstić information content (AvgIpc) is 3.24. The molecule has 1 aliphatic heterocycles. The van der Waals surface area contributed by atoms with Gasteiger partial charge in [0.15, 0.2) is 0 Å². The Labute approximate surface area is 203 Å². The summed E-state index contributed by atoms with van der Waals surface area (Å²) in [5.41, 5.74) is 4.89. The molecule has 1 saturated carbocycles. The summed E-state index contributed by atoms with van der Waals surface area (Å²) in [6, 6.07) is 6.40. The number of aryl methyl sites for hydroxylation is 1. The minimum atomic E-state index is -0.384. The lowest BCUT2D eigenvalue weighted by atomic mass is 9.89. The van der Waals surface area contributed by atoms with Crippen LogP contribution in [0.2, 0.25) is 0 Å². The van der Waals surface area contributed by atoms with Crippen LogP contribution in [-0.2, 0) is 0 Å². The number of halogens is 1. The number of nitrogens with one attached hydrogen (secondary N) is 2. The Morgan fingerprint density at radius 3 is 2.60 bits per heavy atom. The highest BCUT2D eigenvalue weighted by Gasteiger charge is 2.29. The maximum atomic E-state index is 13.5. The van der Waals surface area contributed by atoms with Crippen molar-refractivity contribution in [1.82, 2.24) is 29.2 Å². The highest BCUT2D eigenvalue weighted by molar-refractivity contribution is 5.67. The molecule has 2 N–H and O–H groups in total. The van der Waals surface area contributed by atoms with Crippen LogP contribution in [0.25, 0.3) is 17.0 Å². The van der Waals surface area contributed by atoms with Crippen LogP contribution in [0.4, 0.5) is 21.7 Å². The Balaban J connectivity index is 1.22. The van der Waals surface area contributed by atoms with Crippen LogP contribution in [0, 0.1) is 12.7 Å². The number of nitrogens with zero attached hydrogens (tertiary/aromatic N) is 6. The third-order valence-corrected chi connectivity index (χ3v) is 7.15. The fraction of sp³-hybridized carbons (Fsp3) is 0.385. The number of aromatic nitrogens is 5. The minimum Gasteiger partial charge on any atom is -0.353 e. The fourth-order valence-corrected chi connectivity index (χ4v) is 5.12. The van der Waals surface area contributed by atoms with E-state index in [2.05, 4.69) is 30.5 Å². The van der Waals surface area contributed by atoms with E-state index in [0.29, 0.717) is 17.7 Å². The van der Waals surface area contributed by atoms with Crippen LogP contribution in [0.5, 0.6) is 0 Å². The molecule has 0 atom stereocenters. The van der Waals surface area contributed by atoms with Gasteiger partial charge in [0.1, 0.15) is 11.5 Å². The molecular weight excluding hydrogens is 443 g/mol. The predicted octanol–water partition coefficient (Wildman–Crippen LogP) is 4.81. The highest BCUT2D eigenvalue weighted by atomic mass is 19.1.